The van der Waals surface area contributed by atoms with Gasteiger partial charge in [0.15, 0.2) is 11.5 Å². The zero-order valence-corrected chi connectivity index (χ0v) is 16.1. The zero-order chi connectivity index (χ0) is 20.4. The van der Waals surface area contributed by atoms with Gasteiger partial charge in [0.2, 0.25) is 0 Å². The largest absolute Gasteiger partial charge is 0.496 e. The first-order chi connectivity index (χ1) is 14.1. The van der Waals surface area contributed by atoms with E-state index < -0.39 is 0 Å². The Kier molecular flexibility index (Phi) is 5.01. The van der Waals surface area contributed by atoms with E-state index in [0.29, 0.717) is 11.6 Å². The number of aryl methyl sites for hydroxylation is 1. The second-order valence-corrected chi connectivity index (χ2v) is 6.95. The van der Waals surface area contributed by atoms with Gasteiger partial charge in [-0.2, -0.15) is 10.4 Å². The average molecular weight is 391 g/mol. The number of rotatable bonds is 6. The van der Waals surface area contributed by atoms with Crippen molar-refractivity contribution in [1.82, 2.24) is 20.2 Å². The van der Waals surface area contributed by atoms with E-state index in [9.17, 15) is 0 Å². The number of benzene rings is 1. The molecule has 1 saturated carbocycles. The molecule has 4 rings (SSSR count). The van der Waals surface area contributed by atoms with Crippen LogP contribution in [0.4, 0.5) is 11.6 Å². The van der Waals surface area contributed by atoms with Crippen LogP contribution in [0.5, 0.6) is 11.5 Å². The smallest absolute Gasteiger partial charge is 0.158 e. The van der Waals surface area contributed by atoms with Gasteiger partial charge in [0.25, 0.3) is 0 Å². The molecule has 4 N–H and O–H groups in total. The van der Waals surface area contributed by atoms with E-state index in [4.69, 9.17) is 20.5 Å². The summed E-state index contributed by atoms with van der Waals surface area (Å²) in [4.78, 5) is 8.14. The summed E-state index contributed by atoms with van der Waals surface area (Å²) in [6.07, 6.45) is 4.65. The zero-order valence-electron chi connectivity index (χ0n) is 16.1. The minimum atomic E-state index is 0.102. The quantitative estimate of drug-likeness (QED) is 0.584. The Labute approximate surface area is 167 Å². The number of hydrogen-bond acceptors (Lipinski definition) is 8. The average Bonchev–Trinajstić information content (AvgIpc) is 3.16. The van der Waals surface area contributed by atoms with Gasteiger partial charge in [-0.15, -0.1) is 0 Å². The van der Waals surface area contributed by atoms with Crippen LogP contribution < -0.4 is 20.5 Å². The number of aromatic amines is 1. The molecule has 0 bridgehead atoms. The van der Waals surface area contributed by atoms with Gasteiger partial charge in [0.1, 0.15) is 29.5 Å². The maximum atomic E-state index is 8.82. The van der Waals surface area contributed by atoms with Crippen molar-refractivity contribution in [2.24, 2.45) is 5.73 Å². The number of methoxy groups -OCH3 is 1. The van der Waals surface area contributed by atoms with Gasteiger partial charge in [-0.05, 0) is 31.4 Å². The molecular weight excluding hydrogens is 370 g/mol. The van der Waals surface area contributed by atoms with Crippen LogP contribution in [0.2, 0.25) is 0 Å². The van der Waals surface area contributed by atoms with Crippen molar-refractivity contribution in [1.29, 1.82) is 5.26 Å². The molecule has 1 aliphatic rings. The number of aromatic nitrogens is 4. The summed E-state index contributed by atoms with van der Waals surface area (Å²) < 4.78 is 11.8. The third-order valence-electron chi connectivity index (χ3n) is 4.82. The van der Waals surface area contributed by atoms with Gasteiger partial charge >= 0.3 is 0 Å². The predicted molar refractivity (Wildman–Crippen MR) is 107 cm³/mol. The molecule has 1 aromatic carbocycles. The highest BCUT2D eigenvalue weighted by Crippen LogP contribution is 2.42. The van der Waals surface area contributed by atoms with Gasteiger partial charge in [-0.3, -0.25) is 5.10 Å². The van der Waals surface area contributed by atoms with Crippen LogP contribution in [0.1, 0.15) is 24.1 Å². The molecule has 0 saturated heterocycles. The Hall–Kier alpha value is -3.64. The maximum absolute atomic E-state index is 8.82. The van der Waals surface area contributed by atoms with Crippen molar-refractivity contribution < 1.29 is 9.47 Å². The molecule has 0 unspecified atom stereocenters. The fourth-order valence-corrected chi connectivity index (χ4v) is 3.26. The van der Waals surface area contributed by atoms with Crippen molar-refractivity contribution in [2.75, 3.05) is 12.4 Å². The first-order valence-corrected chi connectivity index (χ1v) is 9.22. The third kappa shape index (κ3) is 3.83. The molecule has 2 heterocycles. The van der Waals surface area contributed by atoms with Crippen LogP contribution in [0.3, 0.4) is 0 Å². The molecule has 2 aromatic heterocycles. The second-order valence-electron chi connectivity index (χ2n) is 6.95. The highest BCUT2D eigenvalue weighted by Gasteiger charge is 2.29. The molecule has 9 nitrogen and oxygen atoms in total. The number of nitrogens with two attached hydrogens (primary N) is 1. The molecule has 0 atom stereocenters. The van der Waals surface area contributed by atoms with Crippen LogP contribution in [-0.2, 0) is 0 Å². The third-order valence-corrected chi connectivity index (χ3v) is 4.82. The summed E-state index contributed by atoms with van der Waals surface area (Å²) in [5.74, 6) is 2.48. The standard InChI is InChI=1S/C20H21N7O2/c1-11-3-4-16(29-14-5-12(22)6-14)19(20(11)28-2)15-7-17(27-26-15)25-18-10-23-13(8-21)9-24-18/h3-4,7,9-10,12,14H,5-6,22H2,1-2H3,(H2,24,25,26,27)/t12-,14-. The maximum Gasteiger partial charge on any atom is 0.158 e. The normalized spacial score (nSPS) is 17.9. The van der Waals surface area contributed by atoms with E-state index in [-0.39, 0.29) is 17.8 Å². The minimum Gasteiger partial charge on any atom is -0.496 e. The lowest BCUT2D eigenvalue weighted by Crippen LogP contribution is -2.43. The molecule has 29 heavy (non-hydrogen) atoms. The molecule has 3 aromatic rings. The summed E-state index contributed by atoms with van der Waals surface area (Å²) >= 11 is 0. The molecular formula is C20H21N7O2. The minimum absolute atomic E-state index is 0.102. The number of nitrogens with one attached hydrogen (secondary N) is 2. The molecule has 0 radical (unpaired) electrons. The van der Waals surface area contributed by atoms with E-state index in [1.54, 1.807) is 7.11 Å². The fourth-order valence-electron chi connectivity index (χ4n) is 3.26. The lowest BCUT2D eigenvalue weighted by molar-refractivity contribution is 0.101. The first kappa shape index (κ1) is 18.7. The predicted octanol–water partition coefficient (Wildman–Crippen LogP) is 2.67. The molecule has 148 valence electrons. The van der Waals surface area contributed by atoms with Crippen LogP contribution in [0.25, 0.3) is 11.3 Å². The lowest BCUT2D eigenvalue weighted by Gasteiger charge is -2.33. The fraction of sp³-hybridized carbons (Fsp3) is 0.300. The van der Waals surface area contributed by atoms with Crippen molar-refractivity contribution in [2.45, 2.75) is 31.9 Å². The number of ether oxygens (including phenoxy) is 2. The van der Waals surface area contributed by atoms with E-state index in [1.165, 1.54) is 12.4 Å². The number of anilines is 2. The highest BCUT2D eigenvalue weighted by molar-refractivity contribution is 5.78. The van der Waals surface area contributed by atoms with Crippen LogP contribution in [-0.4, -0.2) is 39.4 Å². The molecule has 0 aliphatic heterocycles. The molecule has 9 heteroatoms. The Balaban J connectivity index is 1.63. The van der Waals surface area contributed by atoms with Crippen molar-refractivity contribution >= 4 is 11.6 Å². The van der Waals surface area contributed by atoms with Crippen LogP contribution in [0.15, 0.2) is 30.6 Å². The van der Waals surface area contributed by atoms with Crippen molar-refractivity contribution in [3.05, 3.63) is 41.9 Å². The Morgan fingerprint density at radius 2 is 2.07 bits per heavy atom. The lowest BCUT2D eigenvalue weighted by atomic mass is 9.90. The summed E-state index contributed by atoms with van der Waals surface area (Å²) in [6, 6.07) is 7.89. The van der Waals surface area contributed by atoms with Gasteiger partial charge in [0, 0.05) is 12.1 Å². The molecule has 1 fully saturated rings. The van der Waals surface area contributed by atoms with Gasteiger partial charge in [-0.1, -0.05) is 6.07 Å². The summed E-state index contributed by atoms with van der Waals surface area (Å²) in [6.45, 7) is 1.98. The van der Waals surface area contributed by atoms with Gasteiger partial charge in [-0.25, -0.2) is 9.97 Å². The molecule has 0 amide bonds. The number of nitrogens with zero attached hydrogens (tertiary/aromatic N) is 4. The summed E-state index contributed by atoms with van der Waals surface area (Å²) in [5.41, 5.74) is 8.68. The van der Waals surface area contributed by atoms with Crippen molar-refractivity contribution in [3.63, 3.8) is 0 Å². The van der Waals surface area contributed by atoms with E-state index in [0.717, 1.165) is 41.2 Å². The monoisotopic (exact) mass is 391 g/mol. The Morgan fingerprint density at radius 1 is 1.24 bits per heavy atom. The molecule has 1 aliphatic carbocycles. The number of nitriles is 1. The van der Waals surface area contributed by atoms with E-state index >= 15 is 0 Å². The topological polar surface area (TPSA) is 135 Å². The number of H-pyrrole nitrogens is 1. The first-order valence-electron chi connectivity index (χ1n) is 9.22. The molecule has 0 spiro atoms. The van der Waals surface area contributed by atoms with E-state index in [2.05, 4.69) is 25.5 Å². The van der Waals surface area contributed by atoms with Gasteiger partial charge < -0.3 is 20.5 Å². The van der Waals surface area contributed by atoms with Crippen LogP contribution >= 0.6 is 0 Å². The highest BCUT2D eigenvalue weighted by atomic mass is 16.5. The Bertz CT molecular complexity index is 1050. The summed E-state index contributed by atoms with van der Waals surface area (Å²) in [5, 5.41) is 19.2. The summed E-state index contributed by atoms with van der Waals surface area (Å²) in [7, 11) is 1.64. The van der Waals surface area contributed by atoms with Crippen LogP contribution in [0, 0.1) is 18.3 Å². The van der Waals surface area contributed by atoms with Gasteiger partial charge in [0.05, 0.1) is 30.8 Å². The SMILES string of the molecule is COc1c(C)ccc(O[C@H]2C[C@H](N)C2)c1-c1cc(Nc2cnc(C#N)cn2)n[nH]1. The second kappa shape index (κ2) is 7.77. The van der Waals surface area contributed by atoms with Crippen molar-refractivity contribution in [3.8, 4) is 28.8 Å². The van der Waals surface area contributed by atoms with E-state index in [1.807, 2.05) is 31.2 Å². The number of hydrogen-bond donors (Lipinski definition) is 3. The Morgan fingerprint density at radius 3 is 2.72 bits per heavy atom.